The number of nitrogens with zero attached hydrogens (tertiary/aromatic N) is 2. The van der Waals surface area contributed by atoms with Crippen molar-refractivity contribution in [1.29, 1.82) is 0 Å². The zero-order valence-corrected chi connectivity index (χ0v) is 19.4. The summed E-state index contributed by atoms with van der Waals surface area (Å²) in [5.74, 6) is -0.270. The molecule has 2 rings (SSSR count). The minimum absolute atomic E-state index is 0. The van der Waals surface area contributed by atoms with E-state index in [-0.39, 0.29) is 41.8 Å². The summed E-state index contributed by atoms with van der Waals surface area (Å²) >= 11 is 0. The maximum absolute atomic E-state index is 14.0. The molecule has 0 saturated carbocycles. The van der Waals surface area contributed by atoms with E-state index in [1.807, 2.05) is 0 Å². The van der Waals surface area contributed by atoms with Crippen LogP contribution in [0, 0.1) is 11.7 Å². The van der Waals surface area contributed by atoms with Crippen LogP contribution in [0.4, 0.5) is 26.3 Å². The van der Waals surface area contributed by atoms with E-state index >= 15 is 0 Å². The molecule has 0 bridgehead atoms. The molecule has 0 unspecified atom stereocenters. The van der Waals surface area contributed by atoms with Crippen LogP contribution in [0.1, 0.15) is 24.8 Å². The predicted octanol–water partition coefficient (Wildman–Crippen LogP) is 4.37. The second-order valence-corrected chi connectivity index (χ2v) is 7.07. The molecule has 2 N–H and O–H groups in total. The fourth-order valence-electron chi connectivity index (χ4n) is 3.39. The molecule has 1 heterocycles. The Kier molecular flexibility index (Phi) is 11.7. The highest BCUT2D eigenvalue weighted by Gasteiger charge is 2.32. The lowest BCUT2D eigenvalue weighted by molar-refractivity contribution is -0.148. The molecule has 178 valence electrons. The van der Waals surface area contributed by atoms with Gasteiger partial charge in [0.1, 0.15) is 11.6 Å². The summed E-state index contributed by atoms with van der Waals surface area (Å²) in [7, 11) is 1.52. The van der Waals surface area contributed by atoms with Crippen molar-refractivity contribution in [3.8, 4) is 5.75 Å². The Morgan fingerprint density at radius 3 is 2.48 bits per heavy atom. The molecule has 0 spiro atoms. The summed E-state index contributed by atoms with van der Waals surface area (Å²) in [4.78, 5) is 5.42. The van der Waals surface area contributed by atoms with Crippen molar-refractivity contribution in [2.24, 2.45) is 10.9 Å². The SMILES string of the molecule is CN=C(NCCC1CCN(CC(F)(F)F)CC1)NCc1c(F)cccc1OC(F)F.I. The lowest BCUT2D eigenvalue weighted by Crippen LogP contribution is -2.41. The Labute approximate surface area is 194 Å². The van der Waals surface area contributed by atoms with Crippen molar-refractivity contribution >= 4 is 29.9 Å². The lowest BCUT2D eigenvalue weighted by atomic mass is 9.93. The Hall–Kier alpha value is -1.44. The van der Waals surface area contributed by atoms with Gasteiger partial charge in [0.15, 0.2) is 5.96 Å². The highest BCUT2D eigenvalue weighted by molar-refractivity contribution is 14.0. The molecule has 31 heavy (non-hydrogen) atoms. The number of aliphatic imine (C=N–C) groups is 1. The second kappa shape index (κ2) is 13.2. The molecule has 0 aromatic heterocycles. The number of ether oxygens (including phenoxy) is 1. The van der Waals surface area contributed by atoms with Gasteiger partial charge in [-0.05, 0) is 50.4 Å². The van der Waals surface area contributed by atoms with Gasteiger partial charge >= 0.3 is 12.8 Å². The molecule has 0 atom stereocenters. The average molecular weight is 568 g/mol. The molecular weight excluding hydrogens is 541 g/mol. The summed E-state index contributed by atoms with van der Waals surface area (Å²) in [6, 6.07) is 3.69. The number of hydrogen-bond donors (Lipinski definition) is 2. The molecule has 0 radical (unpaired) electrons. The first-order valence-corrected chi connectivity index (χ1v) is 9.63. The summed E-state index contributed by atoms with van der Waals surface area (Å²) in [5, 5.41) is 5.90. The number of alkyl halides is 5. The quantitative estimate of drug-likeness (QED) is 0.212. The van der Waals surface area contributed by atoms with Crippen molar-refractivity contribution < 1.29 is 31.1 Å². The lowest BCUT2D eigenvalue weighted by Gasteiger charge is -2.32. The highest BCUT2D eigenvalue weighted by atomic mass is 127. The first kappa shape index (κ1) is 27.6. The van der Waals surface area contributed by atoms with Gasteiger partial charge in [-0.2, -0.15) is 22.0 Å². The average Bonchev–Trinajstić information content (AvgIpc) is 2.65. The molecule has 1 aliphatic heterocycles. The molecular formula is C19H27F6IN4O. The summed E-state index contributed by atoms with van der Waals surface area (Å²) in [5.41, 5.74) is -0.0437. The van der Waals surface area contributed by atoms with Crippen molar-refractivity contribution in [2.75, 3.05) is 33.2 Å². The largest absolute Gasteiger partial charge is 0.434 e. The number of benzene rings is 1. The van der Waals surface area contributed by atoms with E-state index in [4.69, 9.17) is 0 Å². The number of hydrogen-bond acceptors (Lipinski definition) is 3. The van der Waals surface area contributed by atoms with Gasteiger partial charge in [-0.15, -0.1) is 24.0 Å². The number of piperidine rings is 1. The van der Waals surface area contributed by atoms with E-state index in [1.165, 1.54) is 24.1 Å². The molecule has 1 fully saturated rings. The number of nitrogens with one attached hydrogen (secondary N) is 2. The summed E-state index contributed by atoms with van der Waals surface area (Å²) in [6.45, 7) is -2.69. The highest BCUT2D eigenvalue weighted by Crippen LogP contribution is 2.24. The molecule has 0 amide bonds. The van der Waals surface area contributed by atoms with Crippen LogP contribution in [-0.2, 0) is 6.54 Å². The first-order chi connectivity index (χ1) is 14.2. The third-order valence-electron chi connectivity index (χ3n) is 4.90. The molecule has 0 aliphatic carbocycles. The monoisotopic (exact) mass is 568 g/mol. The van der Waals surface area contributed by atoms with Crippen LogP contribution >= 0.6 is 24.0 Å². The van der Waals surface area contributed by atoms with E-state index in [0.29, 0.717) is 44.4 Å². The summed E-state index contributed by atoms with van der Waals surface area (Å²) < 4.78 is 80.6. The number of likely N-dealkylation sites (tertiary alicyclic amines) is 1. The van der Waals surface area contributed by atoms with Gasteiger partial charge < -0.3 is 15.4 Å². The van der Waals surface area contributed by atoms with E-state index in [2.05, 4.69) is 20.4 Å². The van der Waals surface area contributed by atoms with Crippen LogP contribution in [0.3, 0.4) is 0 Å². The fourth-order valence-corrected chi connectivity index (χ4v) is 3.39. The van der Waals surface area contributed by atoms with E-state index < -0.39 is 25.1 Å². The van der Waals surface area contributed by atoms with E-state index in [0.717, 1.165) is 12.5 Å². The first-order valence-electron chi connectivity index (χ1n) is 9.63. The zero-order chi connectivity index (χ0) is 22.1. The van der Waals surface area contributed by atoms with Gasteiger partial charge in [-0.1, -0.05) is 6.07 Å². The minimum Gasteiger partial charge on any atom is -0.434 e. The Morgan fingerprint density at radius 2 is 1.90 bits per heavy atom. The minimum atomic E-state index is -4.18. The fraction of sp³-hybridized carbons (Fsp3) is 0.632. The molecule has 5 nitrogen and oxygen atoms in total. The molecule has 1 aromatic rings. The molecule has 1 aliphatic rings. The van der Waals surface area contributed by atoms with Gasteiger partial charge in [0.2, 0.25) is 0 Å². The zero-order valence-electron chi connectivity index (χ0n) is 17.0. The van der Waals surface area contributed by atoms with Crippen molar-refractivity contribution in [3.63, 3.8) is 0 Å². The van der Waals surface area contributed by atoms with Crippen LogP contribution in [0.2, 0.25) is 0 Å². The third-order valence-corrected chi connectivity index (χ3v) is 4.90. The Balaban J connectivity index is 0.00000480. The van der Waals surface area contributed by atoms with Gasteiger partial charge in [-0.3, -0.25) is 9.89 Å². The standard InChI is InChI=1S/C19H26F6N4O.HI/c1-26-18(28-11-14-15(20)3-2-4-16(14)30-17(21)22)27-8-5-13-6-9-29(10-7-13)12-19(23,24)25;/h2-4,13,17H,5-12H2,1H3,(H2,26,27,28);1H. The molecule has 1 aromatic carbocycles. The molecule has 12 heteroatoms. The van der Waals surface area contributed by atoms with Crippen molar-refractivity contribution in [3.05, 3.63) is 29.6 Å². The number of halogens is 7. The second-order valence-electron chi connectivity index (χ2n) is 7.07. The van der Waals surface area contributed by atoms with Crippen LogP contribution < -0.4 is 15.4 Å². The Morgan fingerprint density at radius 1 is 1.23 bits per heavy atom. The van der Waals surface area contributed by atoms with Crippen molar-refractivity contribution in [2.45, 2.75) is 38.6 Å². The number of guanidine groups is 1. The van der Waals surface area contributed by atoms with Gasteiger partial charge in [-0.25, -0.2) is 4.39 Å². The topological polar surface area (TPSA) is 48.9 Å². The Bertz CT molecular complexity index is 696. The molecule has 1 saturated heterocycles. The smallest absolute Gasteiger partial charge is 0.401 e. The predicted molar refractivity (Wildman–Crippen MR) is 116 cm³/mol. The van der Waals surface area contributed by atoms with Gasteiger partial charge in [0.25, 0.3) is 0 Å². The van der Waals surface area contributed by atoms with Gasteiger partial charge in [0, 0.05) is 25.7 Å². The van der Waals surface area contributed by atoms with Crippen LogP contribution in [0.5, 0.6) is 5.75 Å². The van der Waals surface area contributed by atoms with Crippen LogP contribution in [0.15, 0.2) is 23.2 Å². The maximum atomic E-state index is 14.0. The van der Waals surface area contributed by atoms with Crippen LogP contribution in [-0.4, -0.2) is 56.9 Å². The third kappa shape index (κ3) is 10.1. The number of rotatable bonds is 8. The van der Waals surface area contributed by atoms with Crippen molar-refractivity contribution in [1.82, 2.24) is 15.5 Å². The van der Waals surface area contributed by atoms with E-state index in [9.17, 15) is 26.3 Å². The van der Waals surface area contributed by atoms with Gasteiger partial charge in [0.05, 0.1) is 6.54 Å². The maximum Gasteiger partial charge on any atom is 0.401 e. The van der Waals surface area contributed by atoms with E-state index in [1.54, 1.807) is 0 Å². The summed E-state index contributed by atoms with van der Waals surface area (Å²) in [6.07, 6.45) is -2.05. The normalized spacial score (nSPS) is 16.2. The van der Waals surface area contributed by atoms with Crippen LogP contribution in [0.25, 0.3) is 0 Å².